The molecule has 0 aromatic carbocycles. The molecule has 0 spiro atoms. The van der Waals surface area contributed by atoms with Gasteiger partial charge < -0.3 is 117 Å². The van der Waals surface area contributed by atoms with Crippen LogP contribution in [0.5, 0.6) is 0 Å². The van der Waals surface area contributed by atoms with E-state index in [-0.39, 0.29) is 76.6 Å². The van der Waals surface area contributed by atoms with E-state index >= 15 is 0 Å². The molecule has 0 aromatic rings. The third-order valence-electron chi connectivity index (χ3n) is 19.5. The van der Waals surface area contributed by atoms with E-state index in [0.29, 0.717) is 51.6 Å². The number of aliphatic hydroxyl groups excluding tert-OH is 5. The third-order valence-corrected chi connectivity index (χ3v) is 28.2. The topological polar surface area (TPSA) is 392 Å². The standard InChI is InChI=1S/3C15H25N2O4P.C15H25N2O3P.C14H22IN2O3P/c1-9-10(8-16-14(19)17-9)13-15(2,20)12(18)11(21-13)6-7-22(3,4)5;2*1-9-10(8-16-15(19)17-9)13-14(20-2)12(18)11(21-13)6-7-22(3,4)5;1-9-13(18)12(6-7-21(3,4)5)20-14(9)11-8-16-15(19)17-10(11)2;1-8-9(7-16-14(19)17-8)13-11(15)12(18)10(20-13)5-6-21(2,3)4/h8,11-13,18,20H,1,3,6-7H2,2,4-5H3,(H2,16,17,19);2*8,11-14,18H,1,3,6-7H2,2,4-5H3,(H2,16,17,19);8-9,12-14,18H,2-3,6-7H2,1,4-5H3,(H2,16,17,19);7,10-13,18H,1-2,5-6H2,3-4H3,(H2,16,17,19)/t11-,12-,13?,15-;2*11-,12-,13?,14-;9-,12-,13+,14?;10-,11-,12-,13?/m11111/s1. The Hall–Kier alpha value is -4.54. The van der Waals surface area contributed by atoms with Crippen LogP contribution in [0.4, 0.5) is 24.0 Å². The molecule has 0 radical (unpaired) electrons. The van der Waals surface area contributed by atoms with Gasteiger partial charge in [0.15, 0.2) is 0 Å². The van der Waals surface area contributed by atoms with Gasteiger partial charge >= 0.3 is 30.2 Å². The molecule has 0 aliphatic carbocycles. The Balaban J connectivity index is 0.000000211. The summed E-state index contributed by atoms with van der Waals surface area (Å²) in [7, 11) is 3.09. The minimum Gasteiger partial charge on any atom is -0.390 e. The summed E-state index contributed by atoms with van der Waals surface area (Å²) in [5, 5.41) is 88.7. The third kappa shape index (κ3) is 26.0. The first-order chi connectivity index (χ1) is 49.8. The Morgan fingerprint density at radius 2 is 0.657 bits per heavy atom. The molecule has 0 aromatic heterocycles. The predicted octanol–water partition coefficient (Wildman–Crippen LogP) is 5.84. The lowest BCUT2D eigenvalue weighted by atomic mass is 9.87. The molecule has 108 heavy (non-hydrogen) atoms. The van der Waals surface area contributed by atoms with Crippen molar-refractivity contribution in [1.82, 2.24) is 53.2 Å². The fourth-order valence-corrected chi connectivity index (χ4v) is 19.0. The lowest BCUT2D eigenvalue weighted by Crippen LogP contribution is -2.49. The first kappa shape index (κ1) is 92.3. The highest BCUT2D eigenvalue weighted by Gasteiger charge is 2.55. The van der Waals surface area contributed by atoms with E-state index in [1.165, 1.54) is 13.1 Å². The van der Waals surface area contributed by atoms with Gasteiger partial charge in [-0.2, -0.15) is 0 Å². The summed E-state index contributed by atoms with van der Waals surface area (Å²) in [6, 6.07) is -1.64. The zero-order valence-electron chi connectivity index (χ0n) is 65.2. The van der Waals surface area contributed by atoms with Crippen LogP contribution in [0.2, 0.25) is 0 Å². The minimum atomic E-state index is -1.45. The molecular weight excluding hydrogens is 1600 g/mol. The van der Waals surface area contributed by atoms with Crippen molar-refractivity contribution in [3.05, 3.63) is 120 Å². The fraction of sp³-hybridized carbons (Fsp3) is 0.595. The SMILES string of the molecule is C=C1NC(=O)NC=C1C1O[C@H](CCP(=C)(C)C)[C@@H](O)[C@@]1(C)O.C=C1NC(=O)NC=C1C1O[C@H](CCP(=C)(C)C)[C@@H](O)[C@H]1C.C=C1NC(=O)NC=C1C1O[C@H](CCP(=C)(C)C)[C@@H](O)[C@H]1I.C=C1NC(=O)NC=C1C1O[C@H](CCP(=C)(C)C)[C@@H](O)[C@H]1OC.C=C1NC(=O)NC=C1C1O[C@H](CCP(=C)(C)C)[C@@H](O)[C@H]1OC. The molecular formula is C74H122IN10O18P5. The lowest BCUT2D eigenvalue weighted by Gasteiger charge is -2.30. The number of rotatable bonds is 22. The van der Waals surface area contributed by atoms with E-state index in [1.54, 1.807) is 39.0 Å². The van der Waals surface area contributed by atoms with E-state index in [0.717, 1.165) is 67.6 Å². The van der Waals surface area contributed by atoms with Gasteiger partial charge in [0.1, 0.15) is 60.5 Å². The molecule has 20 atom stereocenters. The van der Waals surface area contributed by atoms with Gasteiger partial charge in [-0.3, -0.25) is 0 Å². The first-order valence-electron chi connectivity index (χ1n) is 35.7. The predicted molar refractivity (Wildman–Crippen MR) is 454 cm³/mol. The van der Waals surface area contributed by atoms with Crippen molar-refractivity contribution in [3.63, 3.8) is 0 Å². The second-order valence-corrected chi connectivity index (χ2v) is 55.4. The highest BCUT2D eigenvalue weighted by atomic mass is 127. The summed E-state index contributed by atoms with van der Waals surface area (Å²) in [6.07, 6.45) is 29.1. The number of urea groups is 5. The number of amides is 10. The monoisotopic (exact) mass is 1720 g/mol. The van der Waals surface area contributed by atoms with Gasteiger partial charge in [0.2, 0.25) is 0 Å². The maximum absolute atomic E-state index is 11.3. The van der Waals surface area contributed by atoms with Gasteiger partial charge in [0, 0.05) is 107 Å². The number of ether oxygens (including phenoxy) is 7. The molecule has 28 nitrogen and oxygen atoms in total. The van der Waals surface area contributed by atoms with Crippen LogP contribution in [0, 0.1) is 5.92 Å². The van der Waals surface area contributed by atoms with E-state index < -0.39 is 107 Å². The molecule has 608 valence electrons. The molecule has 0 bridgehead atoms. The molecule has 10 aliphatic heterocycles. The quantitative estimate of drug-likeness (QED) is 0.0344. The molecule has 5 saturated heterocycles. The van der Waals surface area contributed by atoms with Crippen molar-refractivity contribution < 1.29 is 87.8 Å². The summed E-state index contributed by atoms with van der Waals surface area (Å²) in [5.41, 5.74) is 4.42. The number of methoxy groups -OCH3 is 2. The number of aliphatic hydroxyl groups is 6. The van der Waals surface area contributed by atoms with Crippen LogP contribution >= 0.6 is 57.0 Å². The molecule has 16 N–H and O–H groups in total. The maximum atomic E-state index is 11.3. The van der Waals surface area contributed by atoms with Crippen LogP contribution in [-0.2, 0) is 33.2 Å². The highest BCUT2D eigenvalue weighted by Crippen LogP contribution is 2.46. The van der Waals surface area contributed by atoms with Crippen LogP contribution in [0.3, 0.4) is 0 Å². The average Bonchev–Trinajstić information content (AvgIpc) is 1.62. The zero-order valence-corrected chi connectivity index (χ0v) is 71.8. The summed E-state index contributed by atoms with van der Waals surface area (Å²) < 4.78 is 40.8. The Morgan fingerprint density at radius 1 is 0.407 bits per heavy atom. The molecule has 10 rings (SSSR count). The van der Waals surface area contributed by atoms with E-state index in [1.807, 2.05) is 6.92 Å². The minimum absolute atomic E-state index is 0.0407. The van der Waals surface area contributed by atoms with E-state index in [2.05, 4.69) is 207 Å². The summed E-state index contributed by atoms with van der Waals surface area (Å²) in [5.74, 6) is -0.0407. The van der Waals surface area contributed by atoms with Crippen molar-refractivity contribution in [3.8, 4) is 0 Å². The van der Waals surface area contributed by atoms with Crippen LogP contribution in [0.15, 0.2) is 120 Å². The molecule has 5 fully saturated rings. The van der Waals surface area contributed by atoms with Gasteiger partial charge in [-0.1, -0.05) is 62.4 Å². The molecule has 5 unspecified atom stereocenters. The van der Waals surface area contributed by atoms with Crippen molar-refractivity contribution in [2.45, 2.75) is 159 Å². The Labute approximate surface area is 652 Å². The summed E-state index contributed by atoms with van der Waals surface area (Å²) in [4.78, 5) is 56.3. The number of carbonyl (C=O) groups excluding carboxylic acids is 5. The normalized spacial score (nSPS) is 33.5. The molecule has 10 amide bonds. The van der Waals surface area contributed by atoms with Gasteiger partial charge in [-0.15, -0.1) is 65.9 Å². The second kappa shape index (κ2) is 38.5. The number of hydrogen-bond donors (Lipinski definition) is 16. The van der Waals surface area contributed by atoms with Gasteiger partial charge in [0.05, 0.1) is 52.8 Å². The van der Waals surface area contributed by atoms with Gasteiger partial charge in [-0.05, 0) is 136 Å². The number of carbonyl (C=O) groups is 5. The van der Waals surface area contributed by atoms with Crippen molar-refractivity contribution >= 4 is 119 Å². The Morgan fingerprint density at radius 3 is 0.954 bits per heavy atom. The first-order valence-corrected chi connectivity index (χ1v) is 52.2. The van der Waals surface area contributed by atoms with Crippen molar-refractivity contribution in [2.24, 2.45) is 5.92 Å². The second-order valence-electron chi connectivity index (χ2n) is 32.4. The summed E-state index contributed by atoms with van der Waals surface area (Å²) in [6.45, 7) is 38.4. The summed E-state index contributed by atoms with van der Waals surface area (Å²) >= 11 is 2.21. The molecule has 10 heterocycles. The van der Waals surface area contributed by atoms with Crippen molar-refractivity contribution in [1.29, 1.82) is 0 Å². The zero-order chi connectivity index (χ0) is 81.3. The number of halogens is 1. The maximum Gasteiger partial charge on any atom is 0.323 e. The molecule has 34 heteroatoms. The Kier molecular flexibility index (Phi) is 32.9. The lowest BCUT2D eigenvalue weighted by molar-refractivity contribution is -0.0516. The van der Waals surface area contributed by atoms with Crippen LogP contribution < -0.4 is 53.2 Å². The largest absolute Gasteiger partial charge is 0.390 e. The fourth-order valence-electron chi connectivity index (χ4n) is 13.2. The number of alkyl halides is 1. The number of nitrogens with one attached hydrogen (secondary N) is 10. The molecule has 10 aliphatic rings. The van der Waals surface area contributed by atoms with Crippen LogP contribution in [0.1, 0.15) is 46.0 Å². The number of hydrogen-bond acceptors (Lipinski definition) is 18. The van der Waals surface area contributed by atoms with Crippen LogP contribution in [0.25, 0.3) is 0 Å². The van der Waals surface area contributed by atoms with E-state index in [9.17, 15) is 54.6 Å². The van der Waals surface area contributed by atoms with Crippen molar-refractivity contribution in [2.75, 3.05) is 112 Å². The Bertz CT molecular complexity index is 3620. The smallest absolute Gasteiger partial charge is 0.323 e. The van der Waals surface area contributed by atoms with Gasteiger partial charge in [-0.25, -0.2) is 24.0 Å². The van der Waals surface area contributed by atoms with Crippen LogP contribution in [-0.4, -0.2) is 317 Å². The highest BCUT2D eigenvalue weighted by molar-refractivity contribution is 14.1. The van der Waals surface area contributed by atoms with Gasteiger partial charge in [0.25, 0.3) is 0 Å². The average molecular weight is 1720 g/mol. The van der Waals surface area contributed by atoms with E-state index in [4.69, 9.17) is 33.2 Å². The molecule has 0 saturated carbocycles.